The molecule has 106 valence electrons. The van der Waals surface area contributed by atoms with Crippen LogP contribution in [-0.4, -0.2) is 30.1 Å². The summed E-state index contributed by atoms with van der Waals surface area (Å²) in [5.41, 5.74) is 2.11. The number of aryl methyl sites for hydroxylation is 2. The number of amides is 1. The van der Waals surface area contributed by atoms with Gasteiger partial charge in [0.15, 0.2) is 6.29 Å². The monoisotopic (exact) mass is 267 g/mol. The van der Waals surface area contributed by atoms with Crippen LogP contribution < -0.4 is 10.1 Å². The number of alkyl carbamates (subject to hydrolysis) is 1. The molecule has 0 aromatic heterocycles. The van der Waals surface area contributed by atoms with Gasteiger partial charge < -0.3 is 19.9 Å². The topological polar surface area (TPSA) is 67.8 Å². The fourth-order valence-corrected chi connectivity index (χ4v) is 1.67. The molecule has 0 aliphatic rings. The zero-order chi connectivity index (χ0) is 14.4. The van der Waals surface area contributed by atoms with Gasteiger partial charge in [0.1, 0.15) is 12.4 Å². The Labute approximate surface area is 113 Å². The Kier molecular flexibility index (Phi) is 5.63. The van der Waals surface area contributed by atoms with Crippen molar-refractivity contribution in [2.45, 2.75) is 40.0 Å². The molecule has 2 atom stereocenters. The Morgan fingerprint density at radius 1 is 1.32 bits per heavy atom. The second-order valence-corrected chi connectivity index (χ2v) is 4.58. The van der Waals surface area contributed by atoms with Gasteiger partial charge in [0.25, 0.3) is 0 Å². The summed E-state index contributed by atoms with van der Waals surface area (Å²) >= 11 is 0. The van der Waals surface area contributed by atoms with Gasteiger partial charge in [-0.1, -0.05) is 18.2 Å². The molecule has 19 heavy (non-hydrogen) atoms. The third-order valence-corrected chi connectivity index (χ3v) is 2.53. The highest BCUT2D eigenvalue weighted by Gasteiger charge is 2.12. The van der Waals surface area contributed by atoms with Crippen molar-refractivity contribution < 1.29 is 19.4 Å². The first kappa shape index (κ1) is 15.3. The summed E-state index contributed by atoms with van der Waals surface area (Å²) < 4.78 is 10.3. The zero-order valence-corrected chi connectivity index (χ0v) is 11.8. The van der Waals surface area contributed by atoms with Gasteiger partial charge in [-0.3, -0.25) is 0 Å². The normalized spacial score (nSPS) is 13.5. The van der Waals surface area contributed by atoms with E-state index in [1.165, 1.54) is 6.92 Å². The van der Waals surface area contributed by atoms with E-state index in [4.69, 9.17) is 9.84 Å². The average Bonchev–Trinajstić information content (AvgIpc) is 2.26. The average molecular weight is 267 g/mol. The number of carbonyl (C=O) groups is 1. The zero-order valence-electron chi connectivity index (χ0n) is 11.8. The standard InChI is InChI=1S/C14H21NO4/c1-9-6-5-7-10(2)13(9)18-8-11(3)15-14(17)19-12(4)16/h5-7,11-12,16H,8H2,1-4H3,(H,15,17). The number of aliphatic hydroxyl groups is 1. The smallest absolute Gasteiger partial charge is 0.409 e. The molecular formula is C14H21NO4. The minimum atomic E-state index is -1.12. The second kappa shape index (κ2) is 6.99. The molecule has 0 aliphatic heterocycles. The summed E-state index contributed by atoms with van der Waals surface area (Å²) in [7, 11) is 0. The van der Waals surface area contributed by atoms with Crippen LogP contribution in [0.1, 0.15) is 25.0 Å². The van der Waals surface area contributed by atoms with Crippen molar-refractivity contribution in [2.75, 3.05) is 6.61 Å². The molecule has 0 saturated heterocycles. The van der Waals surface area contributed by atoms with E-state index >= 15 is 0 Å². The van der Waals surface area contributed by atoms with E-state index in [1.54, 1.807) is 6.92 Å². The van der Waals surface area contributed by atoms with Gasteiger partial charge in [-0.2, -0.15) is 0 Å². The summed E-state index contributed by atoms with van der Waals surface area (Å²) in [4.78, 5) is 11.3. The van der Waals surface area contributed by atoms with Crippen LogP contribution in [-0.2, 0) is 4.74 Å². The van der Waals surface area contributed by atoms with Gasteiger partial charge in [-0.25, -0.2) is 4.79 Å². The number of benzene rings is 1. The summed E-state index contributed by atoms with van der Waals surface area (Å²) in [6, 6.07) is 5.70. The lowest BCUT2D eigenvalue weighted by molar-refractivity contribution is -0.0383. The maximum Gasteiger partial charge on any atom is 0.409 e. The van der Waals surface area contributed by atoms with Crippen LogP contribution in [0.4, 0.5) is 4.79 Å². The lowest BCUT2D eigenvalue weighted by Crippen LogP contribution is -2.38. The van der Waals surface area contributed by atoms with Crippen LogP contribution in [0, 0.1) is 13.8 Å². The summed E-state index contributed by atoms with van der Waals surface area (Å²) in [6.07, 6.45) is -1.78. The van der Waals surface area contributed by atoms with Gasteiger partial charge in [-0.05, 0) is 38.8 Å². The predicted octanol–water partition coefficient (Wildman–Crippen LogP) is 2.14. The molecule has 1 rings (SSSR count). The van der Waals surface area contributed by atoms with Crippen LogP contribution >= 0.6 is 0 Å². The third kappa shape index (κ3) is 5.18. The van der Waals surface area contributed by atoms with Gasteiger partial charge in [0.05, 0.1) is 6.04 Å². The van der Waals surface area contributed by atoms with E-state index in [0.29, 0.717) is 6.61 Å². The fraction of sp³-hybridized carbons (Fsp3) is 0.500. The molecule has 5 heteroatoms. The number of hydrogen-bond donors (Lipinski definition) is 2. The number of aliphatic hydroxyl groups excluding tert-OH is 1. The Morgan fingerprint density at radius 3 is 2.42 bits per heavy atom. The van der Waals surface area contributed by atoms with Gasteiger partial charge in [0.2, 0.25) is 0 Å². The van der Waals surface area contributed by atoms with Crippen molar-refractivity contribution in [2.24, 2.45) is 0 Å². The van der Waals surface area contributed by atoms with E-state index in [1.807, 2.05) is 32.0 Å². The van der Waals surface area contributed by atoms with E-state index < -0.39 is 12.4 Å². The molecule has 0 spiro atoms. The van der Waals surface area contributed by atoms with Crippen LogP contribution in [0.2, 0.25) is 0 Å². The first-order chi connectivity index (χ1) is 8.90. The minimum Gasteiger partial charge on any atom is -0.491 e. The van der Waals surface area contributed by atoms with Crippen LogP contribution in [0.5, 0.6) is 5.75 Å². The number of nitrogens with one attached hydrogen (secondary N) is 1. The molecule has 1 amide bonds. The van der Waals surface area contributed by atoms with Crippen molar-refractivity contribution in [1.29, 1.82) is 0 Å². The van der Waals surface area contributed by atoms with Gasteiger partial charge in [0, 0.05) is 0 Å². The number of carbonyl (C=O) groups excluding carboxylic acids is 1. The largest absolute Gasteiger partial charge is 0.491 e. The Balaban J connectivity index is 2.46. The van der Waals surface area contributed by atoms with Crippen molar-refractivity contribution >= 4 is 6.09 Å². The van der Waals surface area contributed by atoms with E-state index in [-0.39, 0.29) is 6.04 Å². The van der Waals surface area contributed by atoms with Gasteiger partial charge in [-0.15, -0.1) is 0 Å². The number of ether oxygens (including phenoxy) is 2. The molecule has 1 aromatic rings. The molecule has 0 saturated carbocycles. The second-order valence-electron chi connectivity index (χ2n) is 4.58. The summed E-state index contributed by atoms with van der Waals surface area (Å²) in [5.74, 6) is 0.833. The minimum absolute atomic E-state index is 0.217. The SMILES string of the molecule is Cc1cccc(C)c1OCC(C)NC(=O)OC(C)O. The van der Waals surface area contributed by atoms with Gasteiger partial charge >= 0.3 is 6.09 Å². The molecule has 0 radical (unpaired) electrons. The molecule has 0 heterocycles. The fourth-order valence-electron chi connectivity index (χ4n) is 1.67. The first-order valence-corrected chi connectivity index (χ1v) is 6.24. The molecule has 2 unspecified atom stereocenters. The van der Waals surface area contributed by atoms with Crippen LogP contribution in [0.15, 0.2) is 18.2 Å². The Morgan fingerprint density at radius 2 is 1.89 bits per heavy atom. The number of hydrogen-bond acceptors (Lipinski definition) is 4. The predicted molar refractivity (Wildman–Crippen MR) is 72.2 cm³/mol. The molecular weight excluding hydrogens is 246 g/mol. The first-order valence-electron chi connectivity index (χ1n) is 6.24. The van der Waals surface area contributed by atoms with E-state index in [0.717, 1.165) is 16.9 Å². The van der Waals surface area contributed by atoms with Crippen LogP contribution in [0.25, 0.3) is 0 Å². The summed E-state index contributed by atoms with van der Waals surface area (Å²) in [6.45, 7) is 7.46. The number of para-hydroxylation sites is 1. The Hall–Kier alpha value is -1.75. The van der Waals surface area contributed by atoms with Crippen LogP contribution in [0.3, 0.4) is 0 Å². The lowest BCUT2D eigenvalue weighted by Gasteiger charge is -2.17. The van der Waals surface area contributed by atoms with E-state index in [9.17, 15) is 4.79 Å². The summed E-state index contributed by atoms with van der Waals surface area (Å²) in [5, 5.41) is 11.5. The Bertz CT molecular complexity index is 411. The van der Waals surface area contributed by atoms with E-state index in [2.05, 4.69) is 10.1 Å². The van der Waals surface area contributed by atoms with Crippen molar-refractivity contribution in [3.8, 4) is 5.75 Å². The molecule has 0 fully saturated rings. The molecule has 1 aromatic carbocycles. The van der Waals surface area contributed by atoms with Crippen molar-refractivity contribution in [3.63, 3.8) is 0 Å². The lowest BCUT2D eigenvalue weighted by atomic mass is 10.1. The highest BCUT2D eigenvalue weighted by molar-refractivity contribution is 5.67. The maximum absolute atomic E-state index is 11.3. The highest BCUT2D eigenvalue weighted by Crippen LogP contribution is 2.22. The number of rotatable bonds is 5. The molecule has 5 nitrogen and oxygen atoms in total. The molecule has 2 N–H and O–H groups in total. The quantitative estimate of drug-likeness (QED) is 0.802. The third-order valence-electron chi connectivity index (χ3n) is 2.53. The molecule has 0 aliphatic carbocycles. The van der Waals surface area contributed by atoms with Crippen molar-refractivity contribution in [3.05, 3.63) is 29.3 Å². The highest BCUT2D eigenvalue weighted by atomic mass is 16.6. The van der Waals surface area contributed by atoms with Crippen molar-refractivity contribution in [1.82, 2.24) is 5.32 Å². The molecule has 0 bridgehead atoms. The maximum atomic E-state index is 11.3.